The lowest BCUT2D eigenvalue weighted by molar-refractivity contribution is -0.385. The molecule has 0 saturated heterocycles. The lowest BCUT2D eigenvalue weighted by Crippen LogP contribution is -2.09. The summed E-state index contributed by atoms with van der Waals surface area (Å²) in [7, 11) is 0. The Balaban J connectivity index is 2.27. The molecule has 0 aliphatic heterocycles. The Morgan fingerprint density at radius 2 is 2.25 bits per heavy atom. The quantitative estimate of drug-likeness (QED) is 0.615. The first kappa shape index (κ1) is 14.3. The average Bonchev–Trinajstić information content (AvgIpc) is 3.09. The van der Waals surface area contributed by atoms with Crippen LogP contribution in [0.25, 0.3) is 0 Å². The number of anilines is 1. The number of carbonyl (C=O) groups is 1. The van der Waals surface area contributed by atoms with E-state index in [0.29, 0.717) is 23.2 Å². The predicted octanol–water partition coefficient (Wildman–Crippen LogP) is 3.20. The monoisotopic (exact) mass is 278 g/mol. The Bertz CT molecular complexity index is 556. The molecule has 108 valence electrons. The fourth-order valence-corrected chi connectivity index (χ4v) is 2.48. The molecule has 1 aliphatic rings. The largest absolute Gasteiger partial charge is 0.478 e. The molecule has 6 heteroatoms. The summed E-state index contributed by atoms with van der Waals surface area (Å²) in [5, 5.41) is 23.3. The molecule has 2 unspecified atom stereocenters. The van der Waals surface area contributed by atoms with E-state index in [1.807, 2.05) is 0 Å². The second-order valence-corrected chi connectivity index (χ2v) is 5.27. The molecule has 0 aromatic heterocycles. The van der Waals surface area contributed by atoms with E-state index in [1.165, 1.54) is 6.07 Å². The van der Waals surface area contributed by atoms with Gasteiger partial charge in [0.05, 0.1) is 10.5 Å². The molecule has 1 aliphatic carbocycles. The normalized spacial score (nSPS) is 20.5. The molecule has 0 heterocycles. The number of hydrogen-bond acceptors (Lipinski definition) is 4. The van der Waals surface area contributed by atoms with Gasteiger partial charge in [0.15, 0.2) is 0 Å². The minimum Gasteiger partial charge on any atom is -0.478 e. The number of nitrogens with one attached hydrogen (secondary N) is 1. The molecule has 2 rings (SSSR count). The van der Waals surface area contributed by atoms with Crippen LogP contribution < -0.4 is 5.32 Å². The number of nitro benzene ring substituents is 1. The first-order valence-electron chi connectivity index (χ1n) is 6.73. The average molecular weight is 278 g/mol. The molecule has 6 nitrogen and oxygen atoms in total. The van der Waals surface area contributed by atoms with Crippen molar-refractivity contribution < 1.29 is 14.8 Å². The van der Waals surface area contributed by atoms with Crippen LogP contribution in [0.1, 0.15) is 42.1 Å². The summed E-state index contributed by atoms with van der Waals surface area (Å²) in [6.45, 7) is 3.76. The van der Waals surface area contributed by atoms with Crippen LogP contribution in [0.5, 0.6) is 0 Å². The van der Waals surface area contributed by atoms with E-state index in [9.17, 15) is 14.9 Å². The van der Waals surface area contributed by atoms with Crippen molar-refractivity contribution >= 4 is 17.3 Å². The van der Waals surface area contributed by atoms with Gasteiger partial charge in [0, 0.05) is 23.4 Å². The molecule has 1 saturated carbocycles. The van der Waals surface area contributed by atoms with Crippen LogP contribution in [0, 0.1) is 23.0 Å². The van der Waals surface area contributed by atoms with Crippen molar-refractivity contribution in [1.29, 1.82) is 0 Å². The fraction of sp³-hybridized carbons (Fsp3) is 0.500. The highest BCUT2D eigenvalue weighted by Crippen LogP contribution is 2.39. The van der Waals surface area contributed by atoms with Gasteiger partial charge >= 0.3 is 5.97 Å². The molecule has 20 heavy (non-hydrogen) atoms. The van der Waals surface area contributed by atoms with Crippen LogP contribution >= 0.6 is 0 Å². The van der Waals surface area contributed by atoms with Gasteiger partial charge in [-0.1, -0.05) is 13.3 Å². The maximum atomic E-state index is 11.1. The highest BCUT2D eigenvalue weighted by atomic mass is 16.6. The second kappa shape index (κ2) is 5.48. The minimum atomic E-state index is -1.16. The summed E-state index contributed by atoms with van der Waals surface area (Å²) in [6, 6.07) is 2.89. The van der Waals surface area contributed by atoms with Crippen molar-refractivity contribution in [3.05, 3.63) is 33.4 Å². The lowest BCUT2D eigenvalue weighted by Gasteiger charge is -2.11. The maximum absolute atomic E-state index is 11.1. The van der Waals surface area contributed by atoms with Gasteiger partial charge in [-0.25, -0.2) is 4.79 Å². The Labute approximate surface area is 117 Å². The molecular formula is C14H18N2O4. The molecule has 1 aromatic rings. The number of hydrogen-bond donors (Lipinski definition) is 2. The molecule has 1 aromatic carbocycles. The van der Waals surface area contributed by atoms with E-state index in [1.54, 1.807) is 6.92 Å². The molecule has 0 spiro atoms. The van der Waals surface area contributed by atoms with Gasteiger partial charge < -0.3 is 10.4 Å². The van der Waals surface area contributed by atoms with Crippen molar-refractivity contribution in [1.82, 2.24) is 0 Å². The maximum Gasteiger partial charge on any atom is 0.336 e. The first-order chi connectivity index (χ1) is 9.43. The molecule has 2 N–H and O–H groups in total. The predicted molar refractivity (Wildman–Crippen MR) is 75.2 cm³/mol. The van der Waals surface area contributed by atoms with Crippen LogP contribution in [-0.4, -0.2) is 22.0 Å². The van der Waals surface area contributed by atoms with E-state index >= 15 is 0 Å². The fourth-order valence-electron chi connectivity index (χ4n) is 2.48. The molecule has 0 radical (unpaired) electrons. The number of nitrogens with zero attached hydrogens (tertiary/aromatic N) is 1. The summed E-state index contributed by atoms with van der Waals surface area (Å²) in [4.78, 5) is 21.5. The summed E-state index contributed by atoms with van der Waals surface area (Å²) >= 11 is 0. The molecular weight excluding hydrogens is 260 g/mol. The third kappa shape index (κ3) is 2.89. The number of rotatable bonds is 6. The standard InChI is InChI=1S/C14H18N2O4/c1-3-4-9-5-12(9)15-11-6-10(14(17)18)7-13(8(11)2)16(19)20/h6-7,9,12,15H,3-5H2,1-2H3,(H,17,18). The third-order valence-electron chi connectivity index (χ3n) is 3.75. The van der Waals surface area contributed by atoms with E-state index in [-0.39, 0.29) is 11.3 Å². The van der Waals surface area contributed by atoms with Gasteiger partial charge in [-0.2, -0.15) is 0 Å². The smallest absolute Gasteiger partial charge is 0.336 e. The van der Waals surface area contributed by atoms with Crippen LogP contribution in [0.2, 0.25) is 0 Å². The molecule has 2 atom stereocenters. The number of nitro groups is 1. The van der Waals surface area contributed by atoms with Crippen molar-refractivity contribution in [3.63, 3.8) is 0 Å². The van der Waals surface area contributed by atoms with E-state index in [4.69, 9.17) is 5.11 Å². The third-order valence-corrected chi connectivity index (χ3v) is 3.75. The minimum absolute atomic E-state index is 0.0579. The molecule has 0 bridgehead atoms. The van der Waals surface area contributed by atoms with Gasteiger partial charge in [0.2, 0.25) is 0 Å². The molecule has 0 amide bonds. The summed E-state index contributed by atoms with van der Waals surface area (Å²) < 4.78 is 0. The number of aromatic carboxylic acids is 1. The van der Waals surface area contributed by atoms with Gasteiger partial charge in [0.1, 0.15) is 0 Å². The van der Waals surface area contributed by atoms with Gasteiger partial charge in [-0.15, -0.1) is 0 Å². The van der Waals surface area contributed by atoms with Crippen LogP contribution in [-0.2, 0) is 0 Å². The zero-order valence-electron chi connectivity index (χ0n) is 11.5. The first-order valence-corrected chi connectivity index (χ1v) is 6.73. The van der Waals surface area contributed by atoms with Crippen molar-refractivity contribution in [3.8, 4) is 0 Å². The topological polar surface area (TPSA) is 92.5 Å². The second-order valence-electron chi connectivity index (χ2n) is 5.27. The summed E-state index contributed by atoms with van der Waals surface area (Å²) in [6.07, 6.45) is 3.27. The summed E-state index contributed by atoms with van der Waals surface area (Å²) in [5.74, 6) is -0.566. The number of carboxylic acids is 1. The zero-order valence-corrected chi connectivity index (χ0v) is 11.5. The van der Waals surface area contributed by atoms with E-state index < -0.39 is 10.9 Å². The van der Waals surface area contributed by atoms with E-state index in [0.717, 1.165) is 25.3 Å². The number of carboxylic acid groups (broad SMARTS) is 1. The lowest BCUT2D eigenvalue weighted by atomic mass is 10.1. The summed E-state index contributed by atoms with van der Waals surface area (Å²) in [5.41, 5.74) is 0.833. The Kier molecular flexibility index (Phi) is 3.92. The van der Waals surface area contributed by atoms with Gasteiger partial charge in [-0.05, 0) is 31.7 Å². The Morgan fingerprint density at radius 1 is 1.55 bits per heavy atom. The van der Waals surface area contributed by atoms with Crippen LogP contribution in [0.15, 0.2) is 12.1 Å². The Hall–Kier alpha value is -2.11. The van der Waals surface area contributed by atoms with Crippen molar-refractivity contribution in [2.45, 2.75) is 39.2 Å². The van der Waals surface area contributed by atoms with Gasteiger partial charge in [-0.3, -0.25) is 10.1 Å². The van der Waals surface area contributed by atoms with Crippen LogP contribution in [0.4, 0.5) is 11.4 Å². The highest BCUT2D eigenvalue weighted by Gasteiger charge is 2.36. The van der Waals surface area contributed by atoms with Gasteiger partial charge in [0.25, 0.3) is 5.69 Å². The van der Waals surface area contributed by atoms with E-state index in [2.05, 4.69) is 12.2 Å². The van der Waals surface area contributed by atoms with Crippen molar-refractivity contribution in [2.75, 3.05) is 5.32 Å². The van der Waals surface area contributed by atoms with Crippen molar-refractivity contribution in [2.24, 2.45) is 5.92 Å². The number of benzene rings is 1. The molecule has 1 fully saturated rings. The highest BCUT2D eigenvalue weighted by molar-refractivity contribution is 5.90. The zero-order chi connectivity index (χ0) is 14.9. The Morgan fingerprint density at radius 3 is 2.80 bits per heavy atom. The van der Waals surface area contributed by atoms with Crippen LogP contribution in [0.3, 0.4) is 0 Å². The SMILES string of the molecule is CCCC1CC1Nc1cc(C(=O)O)cc([N+](=O)[O-])c1C.